The number of nitro groups is 1. The second-order valence-corrected chi connectivity index (χ2v) is 3.95. The zero-order chi connectivity index (χ0) is 11.1. The molecule has 3 nitrogen and oxygen atoms in total. The first-order chi connectivity index (χ1) is 7.10. The molecule has 0 saturated heterocycles. The Morgan fingerprint density at radius 1 is 1.53 bits per heavy atom. The van der Waals surface area contributed by atoms with Gasteiger partial charge in [0, 0.05) is 11.1 Å². The van der Waals surface area contributed by atoms with E-state index in [1.165, 1.54) is 0 Å². The minimum Gasteiger partial charge on any atom is -0.258 e. The second kappa shape index (κ2) is 3.09. The molecular formula is C12H11NO2. The summed E-state index contributed by atoms with van der Waals surface area (Å²) in [6.45, 7) is 1.74. The number of benzene rings is 1. The second-order valence-electron chi connectivity index (χ2n) is 3.95. The fraction of sp³-hybridized carbons (Fsp3) is 0.333. The summed E-state index contributed by atoms with van der Waals surface area (Å²) < 4.78 is 0. The third kappa shape index (κ3) is 1.39. The first kappa shape index (κ1) is 9.72. The molecule has 3 heteroatoms. The molecular weight excluding hydrogens is 190 g/mol. The lowest BCUT2D eigenvalue weighted by Gasteiger charge is -2.09. The molecule has 0 N–H and O–H groups in total. The maximum atomic E-state index is 11.0. The van der Waals surface area contributed by atoms with Crippen LogP contribution in [-0.2, 0) is 5.41 Å². The van der Waals surface area contributed by atoms with E-state index >= 15 is 0 Å². The minimum atomic E-state index is -0.367. The van der Waals surface area contributed by atoms with Gasteiger partial charge in [0.05, 0.1) is 10.3 Å². The van der Waals surface area contributed by atoms with Crippen LogP contribution in [0.15, 0.2) is 18.2 Å². The maximum absolute atomic E-state index is 11.0. The van der Waals surface area contributed by atoms with Crippen LogP contribution in [0.2, 0.25) is 0 Å². The van der Waals surface area contributed by atoms with Crippen molar-refractivity contribution < 1.29 is 4.92 Å². The summed E-state index contributed by atoms with van der Waals surface area (Å²) in [5.41, 5.74) is 1.20. The predicted octanol–water partition coefficient (Wildman–Crippen LogP) is 2.57. The van der Waals surface area contributed by atoms with Crippen LogP contribution in [-0.4, -0.2) is 4.92 Å². The van der Waals surface area contributed by atoms with Crippen LogP contribution in [0.5, 0.6) is 0 Å². The Morgan fingerprint density at radius 2 is 2.20 bits per heavy atom. The molecule has 0 amide bonds. The predicted molar refractivity (Wildman–Crippen MR) is 57.6 cm³/mol. The number of nitro benzene ring substituents is 1. The number of hydrogen-bond donors (Lipinski definition) is 0. The molecule has 1 aliphatic carbocycles. The molecule has 15 heavy (non-hydrogen) atoms. The zero-order valence-corrected chi connectivity index (χ0v) is 8.49. The van der Waals surface area contributed by atoms with Gasteiger partial charge in [-0.25, -0.2) is 0 Å². The average molecular weight is 201 g/mol. The van der Waals surface area contributed by atoms with Crippen molar-refractivity contribution >= 4 is 5.69 Å². The molecule has 1 aromatic rings. The Labute approximate surface area is 88.3 Å². The summed E-state index contributed by atoms with van der Waals surface area (Å²) in [4.78, 5) is 10.6. The number of para-hydroxylation sites is 1. The summed E-state index contributed by atoms with van der Waals surface area (Å²) in [5, 5.41) is 11.0. The van der Waals surface area contributed by atoms with E-state index < -0.39 is 0 Å². The molecule has 1 aliphatic rings. The average Bonchev–Trinajstić information content (AvgIpc) is 2.97. The Kier molecular flexibility index (Phi) is 2.01. The topological polar surface area (TPSA) is 43.1 Å². The van der Waals surface area contributed by atoms with Crippen LogP contribution in [0.1, 0.15) is 24.0 Å². The quantitative estimate of drug-likeness (QED) is 0.419. The van der Waals surface area contributed by atoms with Gasteiger partial charge in [-0.2, -0.15) is 0 Å². The lowest BCUT2D eigenvalue weighted by molar-refractivity contribution is -0.386. The van der Waals surface area contributed by atoms with E-state index in [0.717, 1.165) is 12.8 Å². The lowest BCUT2D eigenvalue weighted by Crippen LogP contribution is -2.07. The summed E-state index contributed by atoms with van der Waals surface area (Å²) in [7, 11) is 0. The van der Waals surface area contributed by atoms with Gasteiger partial charge >= 0.3 is 0 Å². The van der Waals surface area contributed by atoms with Crippen molar-refractivity contribution in [2.75, 3.05) is 0 Å². The highest BCUT2D eigenvalue weighted by molar-refractivity contribution is 5.56. The number of hydrogen-bond acceptors (Lipinski definition) is 2. The molecule has 1 saturated carbocycles. The van der Waals surface area contributed by atoms with Gasteiger partial charge in [0.25, 0.3) is 5.69 Å². The fourth-order valence-electron chi connectivity index (χ4n) is 1.90. The van der Waals surface area contributed by atoms with E-state index in [0.29, 0.717) is 11.1 Å². The van der Waals surface area contributed by atoms with Crippen LogP contribution < -0.4 is 0 Å². The molecule has 0 heterocycles. The summed E-state index contributed by atoms with van der Waals surface area (Å²) in [6, 6.07) is 5.35. The van der Waals surface area contributed by atoms with Gasteiger partial charge in [-0.15, -0.1) is 6.42 Å². The molecule has 0 unspecified atom stereocenters. The Morgan fingerprint density at radius 3 is 2.67 bits per heavy atom. The SMILES string of the molecule is C#CC1(c2cccc(C)c2[N+](=O)[O-])CC1. The minimum absolute atomic E-state index is 0.188. The molecule has 0 aromatic heterocycles. The van der Waals surface area contributed by atoms with Crippen LogP contribution in [0.3, 0.4) is 0 Å². The third-order valence-electron chi connectivity index (χ3n) is 2.96. The first-order valence-corrected chi connectivity index (χ1v) is 4.83. The Bertz CT molecular complexity index is 467. The van der Waals surface area contributed by atoms with Gasteiger partial charge in [-0.3, -0.25) is 10.1 Å². The van der Waals surface area contributed by atoms with E-state index in [4.69, 9.17) is 6.42 Å². The van der Waals surface area contributed by atoms with Crippen LogP contribution in [0.4, 0.5) is 5.69 Å². The maximum Gasteiger partial charge on any atom is 0.276 e. The molecule has 0 spiro atoms. The van der Waals surface area contributed by atoms with E-state index in [2.05, 4.69) is 5.92 Å². The van der Waals surface area contributed by atoms with Gasteiger partial charge in [0.2, 0.25) is 0 Å². The Hall–Kier alpha value is -1.82. The number of terminal acetylenes is 1. The summed E-state index contributed by atoms with van der Waals surface area (Å²) in [6.07, 6.45) is 7.16. The van der Waals surface area contributed by atoms with Crippen LogP contribution in [0.25, 0.3) is 0 Å². The number of nitrogens with zero attached hydrogens (tertiary/aromatic N) is 1. The van der Waals surface area contributed by atoms with E-state index in [1.807, 2.05) is 6.07 Å². The smallest absolute Gasteiger partial charge is 0.258 e. The van der Waals surface area contributed by atoms with Crippen molar-refractivity contribution in [1.82, 2.24) is 0 Å². The van der Waals surface area contributed by atoms with Crippen LogP contribution >= 0.6 is 0 Å². The summed E-state index contributed by atoms with van der Waals surface area (Å²) in [5.74, 6) is 2.69. The Balaban J connectivity index is 2.63. The van der Waals surface area contributed by atoms with Gasteiger partial charge < -0.3 is 0 Å². The fourth-order valence-corrected chi connectivity index (χ4v) is 1.90. The highest BCUT2D eigenvalue weighted by Gasteiger charge is 2.47. The van der Waals surface area contributed by atoms with E-state index in [1.54, 1.807) is 19.1 Å². The van der Waals surface area contributed by atoms with E-state index in [9.17, 15) is 10.1 Å². The van der Waals surface area contributed by atoms with Crippen LogP contribution in [0, 0.1) is 29.4 Å². The summed E-state index contributed by atoms with van der Waals surface area (Å²) >= 11 is 0. The number of aryl methyl sites for hydroxylation is 1. The molecule has 2 rings (SSSR count). The molecule has 0 aliphatic heterocycles. The van der Waals surface area contributed by atoms with Gasteiger partial charge in [0.15, 0.2) is 0 Å². The molecule has 1 aromatic carbocycles. The highest BCUT2D eigenvalue weighted by Crippen LogP contribution is 2.51. The van der Waals surface area contributed by atoms with Crippen molar-refractivity contribution in [2.24, 2.45) is 0 Å². The highest BCUT2D eigenvalue weighted by atomic mass is 16.6. The monoisotopic (exact) mass is 201 g/mol. The van der Waals surface area contributed by atoms with Gasteiger partial charge in [-0.05, 0) is 19.8 Å². The van der Waals surface area contributed by atoms with Crippen molar-refractivity contribution in [3.05, 3.63) is 39.4 Å². The molecule has 0 atom stereocenters. The van der Waals surface area contributed by atoms with Crippen molar-refractivity contribution in [3.63, 3.8) is 0 Å². The largest absolute Gasteiger partial charge is 0.276 e. The molecule has 0 radical (unpaired) electrons. The first-order valence-electron chi connectivity index (χ1n) is 4.83. The lowest BCUT2D eigenvalue weighted by atomic mass is 9.93. The van der Waals surface area contributed by atoms with Gasteiger partial charge in [0.1, 0.15) is 0 Å². The van der Waals surface area contributed by atoms with Crippen molar-refractivity contribution in [3.8, 4) is 12.3 Å². The third-order valence-corrected chi connectivity index (χ3v) is 2.96. The van der Waals surface area contributed by atoms with Crippen molar-refractivity contribution in [2.45, 2.75) is 25.2 Å². The zero-order valence-electron chi connectivity index (χ0n) is 8.49. The molecule has 0 bridgehead atoms. The standard InChI is InChI=1S/C12H11NO2/c1-3-12(7-8-12)10-6-4-5-9(2)11(10)13(14)15/h1,4-6H,7-8H2,2H3. The van der Waals surface area contributed by atoms with Crippen molar-refractivity contribution in [1.29, 1.82) is 0 Å². The normalized spacial score (nSPS) is 16.8. The number of rotatable bonds is 2. The van der Waals surface area contributed by atoms with Gasteiger partial charge in [-0.1, -0.05) is 24.1 Å². The van der Waals surface area contributed by atoms with E-state index in [-0.39, 0.29) is 16.0 Å². The molecule has 1 fully saturated rings. The molecule has 76 valence electrons.